The van der Waals surface area contributed by atoms with Gasteiger partial charge in [-0.25, -0.2) is 0 Å². The largest absolute Gasteiger partial charge is 0.481 e. The third-order valence-electron chi connectivity index (χ3n) is 4.33. The van der Waals surface area contributed by atoms with Crippen LogP contribution in [0.2, 0.25) is 0 Å². The molecule has 0 fully saturated rings. The molecule has 0 heterocycles. The van der Waals surface area contributed by atoms with E-state index in [1.165, 1.54) is 0 Å². The smallest absolute Gasteiger partial charge is 0.322 e. The van der Waals surface area contributed by atoms with Crippen LogP contribution in [-0.2, 0) is 24.0 Å². The van der Waals surface area contributed by atoms with Gasteiger partial charge in [-0.15, -0.1) is 0 Å². The molecule has 11 nitrogen and oxygen atoms in total. The zero-order valence-corrected chi connectivity index (χ0v) is 17.2. The van der Waals surface area contributed by atoms with Crippen molar-refractivity contribution in [1.82, 2.24) is 16.0 Å². The Hall–Kier alpha value is -2.69. The molecule has 0 aromatic heterocycles. The SMILES string of the molecule is CCC(C)C(N)C(=O)NC(CC(=O)O)C(=O)NC(CC(C)C)C(=O)NCC(=O)O. The van der Waals surface area contributed by atoms with Gasteiger partial charge in [-0.3, -0.25) is 24.0 Å². The second kappa shape index (κ2) is 12.7. The van der Waals surface area contributed by atoms with Crippen molar-refractivity contribution < 1.29 is 34.2 Å². The van der Waals surface area contributed by atoms with Crippen LogP contribution in [0.3, 0.4) is 0 Å². The van der Waals surface area contributed by atoms with E-state index in [1.807, 2.05) is 6.92 Å². The van der Waals surface area contributed by atoms with Crippen molar-refractivity contribution in [2.75, 3.05) is 6.54 Å². The Bertz CT molecular complexity index is 609. The van der Waals surface area contributed by atoms with Gasteiger partial charge in [-0.1, -0.05) is 34.1 Å². The Morgan fingerprint density at radius 1 is 0.862 bits per heavy atom. The summed E-state index contributed by atoms with van der Waals surface area (Å²) in [5.41, 5.74) is 5.82. The van der Waals surface area contributed by atoms with Crippen molar-refractivity contribution in [2.24, 2.45) is 17.6 Å². The molecule has 0 saturated carbocycles. The van der Waals surface area contributed by atoms with Crippen molar-refractivity contribution in [2.45, 2.75) is 65.1 Å². The molecule has 166 valence electrons. The maximum atomic E-state index is 12.6. The molecule has 0 aliphatic heterocycles. The quantitative estimate of drug-likeness (QED) is 0.221. The first-order valence-electron chi connectivity index (χ1n) is 9.46. The highest BCUT2D eigenvalue weighted by molar-refractivity contribution is 5.95. The Balaban J connectivity index is 5.31. The van der Waals surface area contributed by atoms with Crippen LogP contribution in [0.4, 0.5) is 0 Å². The number of rotatable bonds is 13. The third-order valence-corrected chi connectivity index (χ3v) is 4.33. The average Bonchev–Trinajstić information content (AvgIpc) is 2.62. The molecule has 0 radical (unpaired) electrons. The summed E-state index contributed by atoms with van der Waals surface area (Å²) in [5, 5.41) is 24.7. The van der Waals surface area contributed by atoms with Gasteiger partial charge in [-0.05, 0) is 18.3 Å². The van der Waals surface area contributed by atoms with Crippen molar-refractivity contribution in [3.8, 4) is 0 Å². The van der Waals surface area contributed by atoms with E-state index in [1.54, 1.807) is 20.8 Å². The molecular formula is C18H32N4O7. The number of amides is 3. The van der Waals surface area contributed by atoms with Crippen LogP contribution in [-0.4, -0.2) is 64.5 Å². The minimum Gasteiger partial charge on any atom is -0.481 e. The zero-order chi connectivity index (χ0) is 22.7. The number of hydrogen-bond acceptors (Lipinski definition) is 6. The predicted octanol–water partition coefficient (Wildman–Crippen LogP) is -0.949. The maximum Gasteiger partial charge on any atom is 0.322 e. The van der Waals surface area contributed by atoms with Gasteiger partial charge in [0.1, 0.15) is 18.6 Å². The minimum atomic E-state index is -1.43. The molecule has 0 saturated heterocycles. The van der Waals surface area contributed by atoms with Gasteiger partial charge < -0.3 is 31.9 Å². The van der Waals surface area contributed by atoms with Crippen LogP contribution in [0.15, 0.2) is 0 Å². The van der Waals surface area contributed by atoms with Crippen molar-refractivity contribution in [1.29, 1.82) is 0 Å². The van der Waals surface area contributed by atoms with Crippen LogP contribution in [0, 0.1) is 11.8 Å². The topological polar surface area (TPSA) is 188 Å². The van der Waals surface area contributed by atoms with Gasteiger partial charge in [0.15, 0.2) is 0 Å². The van der Waals surface area contributed by atoms with Gasteiger partial charge in [-0.2, -0.15) is 0 Å². The van der Waals surface area contributed by atoms with Crippen molar-refractivity contribution in [3.63, 3.8) is 0 Å². The first-order chi connectivity index (χ1) is 13.4. The highest BCUT2D eigenvalue weighted by Gasteiger charge is 2.31. The highest BCUT2D eigenvalue weighted by Crippen LogP contribution is 2.08. The second-order valence-corrected chi connectivity index (χ2v) is 7.37. The number of nitrogens with one attached hydrogen (secondary N) is 3. The average molecular weight is 416 g/mol. The van der Waals surface area contributed by atoms with Crippen LogP contribution in [0.1, 0.15) is 47.0 Å². The zero-order valence-electron chi connectivity index (χ0n) is 17.2. The summed E-state index contributed by atoms with van der Waals surface area (Å²) < 4.78 is 0. The number of carbonyl (C=O) groups is 5. The lowest BCUT2D eigenvalue weighted by Crippen LogP contribution is -2.57. The Morgan fingerprint density at radius 3 is 1.86 bits per heavy atom. The predicted molar refractivity (Wildman–Crippen MR) is 104 cm³/mol. The van der Waals surface area contributed by atoms with Crippen LogP contribution in [0.25, 0.3) is 0 Å². The number of hydrogen-bond donors (Lipinski definition) is 6. The summed E-state index contributed by atoms with van der Waals surface area (Å²) in [5.74, 6) is -5.03. The number of carbonyl (C=O) groups excluding carboxylic acids is 3. The lowest BCUT2D eigenvalue weighted by atomic mass is 9.98. The molecule has 4 atom stereocenters. The first kappa shape index (κ1) is 26.3. The molecular weight excluding hydrogens is 384 g/mol. The molecule has 0 spiro atoms. The molecule has 0 rings (SSSR count). The van der Waals surface area contributed by atoms with Crippen LogP contribution in [0.5, 0.6) is 0 Å². The summed E-state index contributed by atoms with van der Waals surface area (Å²) >= 11 is 0. The van der Waals surface area contributed by atoms with Crippen LogP contribution < -0.4 is 21.7 Å². The van der Waals surface area contributed by atoms with E-state index in [0.29, 0.717) is 6.42 Å². The fraction of sp³-hybridized carbons (Fsp3) is 0.722. The van der Waals surface area contributed by atoms with Crippen molar-refractivity contribution in [3.05, 3.63) is 0 Å². The minimum absolute atomic E-state index is 0.0257. The Labute approximate surface area is 169 Å². The summed E-state index contributed by atoms with van der Waals surface area (Å²) in [6.07, 6.45) is 0.109. The third kappa shape index (κ3) is 10.4. The van der Waals surface area contributed by atoms with Crippen molar-refractivity contribution >= 4 is 29.7 Å². The molecule has 0 aromatic rings. The fourth-order valence-corrected chi connectivity index (χ4v) is 2.43. The van der Waals surface area contributed by atoms with Gasteiger partial charge in [0.25, 0.3) is 0 Å². The fourth-order valence-electron chi connectivity index (χ4n) is 2.43. The molecule has 0 aromatic carbocycles. The standard InChI is InChI=1S/C18H32N4O7/c1-5-10(4)15(19)18(29)22-12(7-13(23)24)17(28)21-11(6-9(2)3)16(27)20-8-14(25)26/h9-12,15H,5-8,19H2,1-4H3,(H,20,27)(H,21,28)(H,22,29)(H,23,24)(H,25,26). The molecule has 0 aliphatic carbocycles. The number of nitrogens with two attached hydrogens (primary N) is 1. The first-order valence-corrected chi connectivity index (χ1v) is 9.46. The van der Waals surface area contributed by atoms with Gasteiger partial charge >= 0.3 is 11.9 Å². The Kier molecular flexibility index (Phi) is 11.5. The molecule has 3 amide bonds. The summed E-state index contributed by atoms with van der Waals surface area (Å²) in [7, 11) is 0. The lowest BCUT2D eigenvalue weighted by molar-refractivity contribution is -0.141. The monoisotopic (exact) mass is 416 g/mol. The molecule has 11 heteroatoms. The van der Waals surface area contributed by atoms with Gasteiger partial charge in [0.2, 0.25) is 17.7 Å². The van der Waals surface area contributed by atoms with E-state index in [0.717, 1.165) is 0 Å². The molecule has 0 bridgehead atoms. The van der Waals surface area contributed by atoms with E-state index >= 15 is 0 Å². The summed E-state index contributed by atoms with van der Waals surface area (Å²) in [6, 6.07) is -3.44. The van der Waals surface area contributed by atoms with E-state index < -0.39 is 60.8 Å². The maximum absolute atomic E-state index is 12.6. The normalized spacial score (nSPS) is 15.0. The van der Waals surface area contributed by atoms with E-state index in [-0.39, 0.29) is 18.3 Å². The highest BCUT2D eigenvalue weighted by atomic mass is 16.4. The molecule has 0 aliphatic rings. The van der Waals surface area contributed by atoms with E-state index in [4.69, 9.17) is 15.9 Å². The summed E-state index contributed by atoms with van der Waals surface area (Å²) in [4.78, 5) is 58.8. The van der Waals surface area contributed by atoms with Gasteiger partial charge in [0.05, 0.1) is 12.5 Å². The molecule has 4 unspecified atom stereocenters. The van der Waals surface area contributed by atoms with E-state index in [9.17, 15) is 24.0 Å². The second-order valence-electron chi connectivity index (χ2n) is 7.37. The van der Waals surface area contributed by atoms with E-state index in [2.05, 4.69) is 16.0 Å². The lowest BCUT2D eigenvalue weighted by Gasteiger charge is -2.25. The van der Waals surface area contributed by atoms with Crippen LogP contribution >= 0.6 is 0 Å². The molecule has 29 heavy (non-hydrogen) atoms. The summed E-state index contributed by atoms with van der Waals surface area (Å²) in [6.45, 7) is 6.56. The Morgan fingerprint density at radius 2 is 1.41 bits per heavy atom. The number of carboxylic acids is 2. The van der Waals surface area contributed by atoms with Gasteiger partial charge in [0, 0.05) is 0 Å². The number of carboxylic acid groups (broad SMARTS) is 2. The molecule has 7 N–H and O–H groups in total. The number of aliphatic carboxylic acids is 2.